The number of aryl methyl sites for hydroxylation is 3. The van der Waals surface area contributed by atoms with Gasteiger partial charge in [0.05, 0.1) is 18.3 Å². The van der Waals surface area contributed by atoms with Crippen molar-refractivity contribution in [2.45, 2.75) is 33.4 Å². The number of nitrogens with zero attached hydrogens (tertiary/aromatic N) is 3. The van der Waals surface area contributed by atoms with Gasteiger partial charge in [0.15, 0.2) is 0 Å². The molecule has 142 valence electrons. The van der Waals surface area contributed by atoms with Crippen LogP contribution in [0.3, 0.4) is 0 Å². The number of aliphatic hydroxyl groups excluding tert-OH is 1. The molecule has 0 unspecified atom stereocenters. The number of rotatable bonds is 4. The van der Waals surface area contributed by atoms with Gasteiger partial charge in [0.1, 0.15) is 5.52 Å². The zero-order valence-electron chi connectivity index (χ0n) is 16.3. The molecule has 2 aromatic carbocycles. The summed E-state index contributed by atoms with van der Waals surface area (Å²) in [6.45, 7) is 6.23. The fraction of sp³-hybridized carbons (Fsp3) is 0.217. The van der Waals surface area contributed by atoms with Gasteiger partial charge in [-0.2, -0.15) is 5.10 Å². The van der Waals surface area contributed by atoms with E-state index in [1.165, 1.54) is 5.56 Å². The summed E-state index contributed by atoms with van der Waals surface area (Å²) in [5, 5.41) is 15.2. The Morgan fingerprint density at radius 1 is 0.964 bits per heavy atom. The van der Waals surface area contributed by atoms with Gasteiger partial charge in [0, 0.05) is 18.0 Å². The van der Waals surface area contributed by atoms with Crippen LogP contribution >= 0.6 is 0 Å². The predicted octanol–water partition coefficient (Wildman–Crippen LogP) is 3.82. The summed E-state index contributed by atoms with van der Waals surface area (Å²) in [7, 11) is 0. The van der Waals surface area contributed by atoms with Crippen LogP contribution < -0.4 is 5.56 Å². The van der Waals surface area contributed by atoms with E-state index in [-0.39, 0.29) is 12.1 Å². The molecular weight excluding hydrogens is 350 g/mol. The average molecular weight is 373 g/mol. The van der Waals surface area contributed by atoms with Crippen LogP contribution in [-0.2, 0) is 6.54 Å². The fourth-order valence-corrected chi connectivity index (χ4v) is 3.52. The van der Waals surface area contributed by atoms with E-state index in [1.54, 1.807) is 27.5 Å². The van der Waals surface area contributed by atoms with Crippen molar-refractivity contribution in [3.05, 3.63) is 93.5 Å². The van der Waals surface area contributed by atoms with Crippen molar-refractivity contribution in [1.82, 2.24) is 14.2 Å². The fourth-order valence-electron chi connectivity index (χ4n) is 3.52. The number of aromatic nitrogens is 3. The second-order valence-electron chi connectivity index (χ2n) is 7.36. The molecule has 0 aliphatic heterocycles. The first-order valence-corrected chi connectivity index (χ1v) is 9.33. The smallest absolute Gasteiger partial charge is 0.276 e. The minimum absolute atomic E-state index is 0.169. The molecular formula is C23H23N3O2. The number of hydrogen-bond acceptors (Lipinski definition) is 3. The molecule has 1 N–H and O–H groups in total. The molecule has 0 aliphatic rings. The van der Waals surface area contributed by atoms with Crippen molar-refractivity contribution in [3.63, 3.8) is 0 Å². The summed E-state index contributed by atoms with van der Waals surface area (Å²) in [6.07, 6.45) is 2.68. The Morgan fingerprint density at radius 2 is 1.68 bits per heavy atom. The lowest BCUT2D eigenvalue weighted by Crippen LogP contribution is -2.24. The zero-order valence-corrected chi connectivity index (χ0v) is 16.3. The maximum atomic E-state index is 12.9. The topological polar surface area (TPSA) is 59.5 Å². The lowest BCUT2D eigenvalue weighted by atomic mass is 10.0. The Balaban J connectivity index is 1.68. The van der Waals surface area contributed by atoms with Crippen LogP contribution in [-0.4, -0.2) is 19.3 Å². The van der Waals surface area contributed by atoms with Crippen molar-refractivity contribution in [1.29, 1.82) is 0 Å². The molecule has 0 bridgehead atoms. The average Bonchev–Trinajstić information content (AvgIpc) is 3.09. The van der Waals surface area contributed by atoms with Gasteiger partial charge >= 0.3 is 0 Å². The van der Waals surface area contributed by atoms with Gasteiger partial charge in [0.25, 0.3) is 5.56 Å². The highest BCUT2D eigenvalue weighted by atomic mass is 16.3. The van der Waals surface area contributed by atoms with E-state index in [9.17, 15) is 9.90 Å². The molecule has 5 heteroatoms. The quantitative estimate of drug-likeness (QED) is 0.592. The van der Waals surface area contributed by atoms with E-state index in [4.69, 9.17) is 0 Å². The highest BCUT2D eigenvalue weighted by molar-refractivity contribution is 5.65. The third-order valence-corrected chi connectivity index (χ3v) is 5.10. The monoisotopic (exact) mass is 373 g/mol. The van der Waals surface area contributed by atoms with Gasteiger partial charge in [0.2, 0.25) is 0 Å². The number of benzene rings is 2. The van der Waals surface area contributed by atoms with E-state index < -0.39 is 6.10 Å². The molecule has 0 fully saturated rings. The molecule has 5 nitrogen and oxygen atoms in total. The van der Waals surface area contributed by atoms with Crippen molar-refractivity contribution >= 4 is 5.52 Å². The Bertz CT molecular complexity index is 1200. The Morgan fingerprint density at radius 3 is 2.39 bits per heavy atom. The van der Waals surface area contributed by atoms with Crippen LogP contribution in [0.5, 0.6) is 0 Å². The van der Waals surface area contributed by atoms with E-state index >= 15 is 0 Å². The molecule has 0 saturated carbocycles. The SMILES string of the molecule is Cc1ccc(-c2cc3c(=O)n(C[C@@H](O)c4ccc(C)cc4C)ccn3n2)cc1. The van der Waals surface area contributed by atoms with Crippen LogP contribution in [0.15, 0.2) is 65.7 Å². The largest absolute Gasteiger partial charge is 0.387 e. The molecule has 0 aliphatic carbocycles. The Kier molecular flexibility index (Phi) is 4.61. The van der Waals surface area contributed by atoms with Crippen LogP contribution in [0.1, 0.15) is 28.4 Å². The second-order valence-corrected chi connectivity index (χ2v) is 7.36. The van der Waals surface area contributed by atoms with Gasteiger partial charge in [-0.3, -0.25) is 4.79 Å². The minimum Gasteiger partial charge on any atom is -0.387 e. The first-order chi connectivity index (χ1) is 13.4. The summed E-state index contributed by atoms with van der Waals surface area (Å²) in [4.78, 5) is 12.9. The third kappa shape index (κ3) is 3.37. The van der Waals surface area contributed by atoms with Crippen LogP contribution in [0, 0.1) is 20.8 Å². The maximum Gasteiger partial charge on any atom is 0.276 e. The normalized spacial score (nSPS) is 12.4. The maximum absolute atomic E-state index is 12.9. The van der Waals surface area contributed by atoms with E-state index in [2.05, 4.69) is 5.10 Å². The molecule has 0 saturated heterocycles. The van der Waals surface area contributed by atoms with Crippen molar-refractivity contribution in [2.75, 3.05) is 0 Å². The van der Waals surface area contributed by atoms with Gasteiger partial charge in [-0.15, -0.1) is 0 Å². The highest BCUT2D eigenvalue weighted by Gasteiger charge is 2.14. The summed E-state index contributed by atoms with van der Waals surface area (Å²) < 4.78 is 3.14. The van der Waals surface area contributed by atoms with E-state index in [1.807, 2.05) is 63.2 Å². The molecule has 4 aromatic rings. The van der Waals surface area contributed by atoms with Crippen LogP contribution in [0.2, 0.25) is 0 Å². The summed E-state index contributed by atoms with van der Waals surface area (Å²) in [6, 6.07) is 15.8. The Labute approximate surface area is 163 Å². The minimum atomic E-state index is -0.750. The molecule has 28 heavy (non-hydrogen) atoms. The van der Waals surface area contributed by atoms with Crippen LogP contribution in [0.25, 0.3) is 16.8 Å². The molecule has 0 spiro atoms. The van der Waals surface area contributed by atoms with E-state index in [0.717, 1.165) is 27.9 Å². The van der Waals surface area contributed by atoms with Crippen LogP contribution in [0.4, 0.5) is 0 Å². The number of fused-ring (bicyclic) bond motifs is 1. The first-order valence-electron chi connectivity index (χ1n) is 9.33. The third-order valence-electron chi connectivity index (χ3n) is 5.10. The van der Waals surface area contributed by atoms with Gasteiger partial charge in [-0.25, -0.2) is 4.52 Å². The summed E-state index contributed by atoms with van der Waals surface area (Å²) in [5.41, 5.74) is 6.23. The zero-order chi connectivity index (χ0) is 19.8. The van der Waals surface area contributed by atoms with Gasteiger partial charge in [-0.1, -0.05) is 53.6 Å². The molecule has 0 radical (unpaired) electrons. The number of aliphatic hydroxyl groups is 1. The highest BCUT2D eigenvalue weighted by Crippen LogP contribution is 2.21. The van der Waals surface area contributed by atoms with Crippen molar-refractivity contribution < 1.29 is 5.11 Å². The van der Waals surface area contributed by atoms with Gasteiger partial charge < -0.3 is 9.67 Å². The lowest BCUT2D eigenvalue weighted by Gasteiger charge is -2.16. The molecule has 1 atom stereocenters. The molecule has 4 rings (SSSR count). The molecule has 0 amide bonds. The Hall–Kier alpha value is -3.18. The standard InChI is InChI=1S/C23H23N3O2/c1-15-4-7-18(8-5-15)20-13-21-23(28)25(10-11-26(21)24-20)14-22(27)19-9-6-16(2)12-17(19)3/h4-13,22,27H,14H2,1-3H3/t22-/m1/s1. The predicted molar refractivity (Wildman–Crippen MR) is 111 cm³/mol. The summed E-state index contributed by atoms with van der Waals surface area (Å²) in [5.74, 6) is 0. The molecule has 2 aromatic heterocycles. The second kappa shape index (κ2) is 7.09. The molecule has 2 heterocycles. The van der Waals surface area contributed by atoms with Crippen molar-refractivity contribution in [2.24, 2.45) is 0 Å². The number of hydrogen-bond donors (Lipinski definition) is 1. The summed E-state index contributed by atoms with van der Waals surface area (Å²) >= 11 is 0. The van der Waals surface area contributed by atoms with E-state index in [0.29, 0.717) is 5.52 Å². The first kappa shape index (κ1) is 18.2. The lowest BCUT2D eigenvalue weighted by molar-refractivity contribution is 0.154. The van der Waals surface area contributed by atoms with Crippen molar-refractivity contribution in [3.8, 4) is 11.3 Å². The van der Waals surface area contributed by atoms with Gasteiger partial charge in [-0.05, 0) is 38.0 Å².